The molecule has 0 bridgehead atoms. The number of nitrogens with zero attached hydrogens (tertiary/aromatic N) is 4. The Morgan fingerprint density at radius 1 is 1.21 bits per heavy atom. The van der Waals surface area contributed by atoms with Crippen LogP contribution in [0.4, 0.5) is 5.13 Å². The fourth-order valence-electron chi connectivity index (χ4n) is 3.84. The normalized spacial score (nSPS) is 16.2. The van der Waals surface area contributed by atoms with E-state index < -0.39 is 6.04 Å². The number of aryl methyl sites for hydroxylation is 1. The van der Waals surface area contributed by atoms with Gasteiger partial charge < -0.3 is 0 Å². The predicted molar refractivity (Wildman–Crippen MR) is 110 cm³/mol. The monoisotopic (exact) mass is 397 g/mol. The number of rotatable bonds is 4. The third-order valence-electron chi connectivity index (χ3n) is 5.38. The van der Waals surface area contributed by atoms with Gasteiger partial charge in [0.15, 0.2) is 0 Å². The highest BCUT2D eigenvalue weighted by Crippen LogP contribution is 2.35. The fraction of sp³-hybridized carbons (Fsp3) is 0.450. The molecule has 0 radical (unpaired) electrons. The van der Waals surface area contributed by atoms with Crippen LogP contribution in [0.5, 0.6) is 0 Å². The van der Waals surface area contributed by atoms with Crippen molar-refractivity contribution in [2.75, 3.05) is 5.32 Å². The van der Waals surface area contributed by atoms with Gasteiger partial charge in [-0.1, -0.05) is 42.7 Å². The highest BCUT2D eigenvalue weighted by atomic mass is 32.1. The van der Waals surface area contributed by atoms with Crippen LogP contribution < -0.4 is 10.9 Å². The van der Waals surface area contributed by atoms with E-state index >= 15 is 0 Å². The third kappa shape index (κ3) is 3.56. The Bertz CT molecular complexity index is 1070. The number of anilines is 1. The van der Waals surface area contributed by atoms with Crippen molar-refractivity contribution in [1.29, 1.82) is 0 Å². The van der Waals surface area contributed by atoms with E-state index in [0.717, 1.165) is 17.8 Å². The number of nitrogens with one attached hydrogen (secondary N) is 1. The molecule has 7 nitrogen and oxygen atoms in total. The van der Waals surface area contributed by atoms with Crippen molar-refractivity contribution in [2.45, 2.75) is 57.9 Å². The van der Waals surface area contributed by atoms with Crippen LogP contribution in [-0.4, -0.2) is 25.7 Å². The Morgan fingerprint density at radius 2 is 1.96 bits per heavy atom. The minimum Gasteiger partial charge on any atom is -0.299 e. The van der Waals surface area contributed by atoms with E-state index in [9.17, 15) is 9.59 Å². The van der Waals surface area contributed by atoms with E-state index in [1.165, 1.54) is 35.2 Å². The van der Waals surface area contributed by atoms with Crippen LogP contribution in [0, 0.1) is 6.92 Å². The minimum atomic E-state index is -0.702. The summed E-state index contributed by atoms with van der Waals surface area (Å²) < 4.78 is 1.43. The Hall–Kier alpha value is -2.61. The highest BCUT2D eigenvalue weighted by molar-refractivity contribution is 7.15. The standard InChI is InChI=1S/C20H23N5O2S/c1-12(25-13(2)21-16-11-7-6-10-15(16)19(25)27)17(26)22-20-24-23-18(28-20)14-8-4-3-5-9-14/h6-7,10-12,14H,3-5,8-9H2,1-2H3,(H,22,24,26)/t12-/m1/s1. The summed E-state index contributed by atoms with van der Waals surface area (Å²) in [7, 11) is 0. The molecule has 1 amide bonds. The first-order chi connectivity index (χ1) is 13.5. The van der Waals surface area contributed by atoms with E-state index in [-0.39, 0.29) is 11.5 Å². The molecule has 0 aliphatic heterocycles. The van der Waals surface area contributed by atoms with Crippen LogP contribution in [0.1, 0.15) is 61.8 Å². The molecule has 0 spiro atoms. The van der Waals surface area contributed by atoms with Gasteiger partial charge in [0.25, 0.3) is 5.56 Å². The average Bonchev–Trinajstić information content (AvgIpc) is 3.17. The van der Waals surface area contributed by atoms with Crippen molar-refractivity contribution in [3.63, 3.8) is 0 Å². The van der Waals surface area contributed by atoms with Crippen LogP contribution in [0.15, 0.2) is 29.1 Å². The molecule has 2 heterocycles. The quantitative estimate of drug-likeness (QED) is 0.723. The van der Waals surface area contributed by atoms with Crippen LogP contribution in [0.25, 0.3) is 10.9 Å². The van der Waals surface area contributed by atoms with Crippen molar-refractivity contribution in [3.05, 3.63) is 45.5 Å². The zero-order valence-electron chi connectivity index (χ0n) is 16.0. The molecule has 0 saturated heterocycles. The summed E-state index contributed by atoms with van der Waals surface area (Å²) in [5, 5.41) is 13.2. The van der Waals surface area contributed by atoms with Crippen molar-refractivity contribution in [2.24, 2.45) is 0 Å². The van der Waals surface area contributed by atoms with E-state index in [0.29, 0.717) is 27.8 Å². The zero-order chi connectivity index (χ0) is 19.7. The summed E-state index contributed by atoms with van der Waals surface area (Å²) in [4.78, 5) is 30.1. The van der Waals surface area contributed by atoms with Crippen molar-refractivity contribution < 1.29 is 4.79 Å². The molecule has 28 heavy (non-hydrogen) atoms. The molecule has 1 fully saturated rings. The van der Waals surface area contributed by atoms with Crippen LogP contribution in [-0.2, 0) is 4.79 Å². The molecule has 1 atom stereocenters. The molecule has 1 aromatic carbocycles. The lowest BCUT2D eigenvalue weighted by Gasteiger charge is -2.18. The molecule has 3 aromatic rings. The largest absolute Gasteiger partial charge is 0.299 e. The summed E-state index contributed by atoms with van der Waals surface area (Å²) in [6, 6.07) is 6.46. The summed E-state index contributed by atoms with van der Waals surface area (Å²) in [6.45, 7) is 3.44. The van der Waals surface area contributed by atoms with Gasteiger partial charge in [0.2, 0.25) is 11.0 Å². The van der Waals surface area contributed by atoms with Gasteiger partial charge in [-0.05, 0) is 38.8 Å². The van der Waals surface area contributed by atoms with Gasteiger partial charge in [0.05, 0.1) is 10.9 Å². The average molecular weight is 398 g/mol. The van der Waals surface area contributed by atoms with Crippen molar-refractivity contribution >= 4 is 33.3 Å². The van der Waals surface area contributed by atoms with Crippen molar-refractivity contribution in [1.82, 2.24) is 19.7 Å². The first-order valence-electron chi connectivity index (χ1n) is 9.66. The Labute approximate surface area is 166 Å². The molecule has 8 heteroatoms. The second kappa shape index (κ2) is 7.79. The number of amides is 1. The fourth-order valence-corrected chi connectivity index (χ4v) is 4.76. The van der Waals surface area contributed by atoms with E-state index in [1.807, 2.05) is 6.07 Å². The second-order valence-electron chi connectivity index (χ2n) is 7.30. The molecule has 0 unspecified atom stereocenters. The molecule has 1 saturated carbocycles. The summed E-state index contributed by atoms with van der Waals surface area (Å²) >= 11 is 1.43. The van der Waals surface area contributed by atoms with Gasteiger partial charge in [0, 0.05) is 5.92 Å². The smallest absolute Gasteiger partial charge is 0.262 e. The maximum atomic E-state index is 12.9. The summed E-state index contributed by atoms with van der Waals surface area (Å²) in [5.41, 5.74) is 0.418. The molecular formula is C20H23N5O2S. The van der Waals surface area contributed by atoms with Gasteiger partial charge in [-0.25, -0.2) is 4.98 Å². The zero-order valence-corrected chi connectivity index (χ0v) is 16.8. The van der Waals surface area contributed by atoms with Gasteiger partial charge >= 0.3 is 0 Å². The van der Waals surface area contributed by atoms with Gasteiger partial charge in [0.1, 0.15) is 16.9 Å². The SMILES string of the molecule is Cc1nc2ccccc2c(=O)n1[C@H](C)C(=O)Nc1nnc(C2CCCCC2)s1. The maximum Gasteiger partial charge on any atom is 0.262 e. The second-order valence-corrected chi connectivity index (χ2v) is 8.31. The Balaban J connectivity index is 1.55. The highest BCUT2D eigenvalue weighted by Gasteiger charge is 2.23. The molecule has 2 aromatic heterocycles. The molecule has 146 valence electrons. The van der Waals surface area contributed by atoms with Crippen LogP contribution >= 0.6 is 11.3 Å². The van der Waals surface area contributed by atoms with Crippen LogP contribution in [0.3, 0.4) is 0 Å². The lowest BCUT2D eigenvalue weighted by molar-refractivity contribution is -0.118. The topological polar surface area (TPSA) is 89.8 Å². The van der Waals surface area contributed by atoms with E-state index in [2.05, 4.69) is 20.5 Å². The Kier molecular flexibility index (Phi) is 5.21. The Morgan fingerprint density at radius 3 is 2.75 bits per heavy atom. The molecule has 1 aliphatic rings. The number of hydrogen-bond acceptors (Lipinski definition) is 6. The number of aromatic nitrogens is 4. The van der Waals surface area contributed by atoms with Crippen LogP contribution in [0.2, 0.25) is 0 Å². The first-order valence-corrected chi connectivity index (χ1v) is 10.5. The van der Waals surface area contributed by atoms with Gasteiger partial charge in [-0.2, -0.15) is 0 Å². The minimum absolute atomic E-state index is 0.217. The number of benzene rings is 1. The molecule has 4 rings (SSSR count). The number of hydrogen-bond donors (Lipinski definition) is 1. The molecule has 1 N–H and O–H groups in total. The predicted octanol–water partition coefficient (Wildman–Crippen LogP) is 3.80. The number of carbonyl (C=O) groups excluding carboxylic acids is 1. The number of fused-ring (bicyclic) bond motifs is 1. The molecular weight excluding hydrogens is 374 g/mol. The summed E-state index contributed by atoms with van der Waals surface area (Å²) in [6.07, 6.45) is 6.00. The number of carbonyl (C=O) groups is 1. The van der Waals surface area contributed by atoms with Gasteiger partial charge in [-0.15, -0.1) is 10.2 Å². The van der Waals surface area contributed by atoms with Crippen molar-refractivity contribution in [3.8, 4) is 0 Å². The lowest BCUT2D eigenvalue weighted by atomic mass is 9.90. The maximum absolute atomic E-state index is 12.9. The summed E-state index contributed by atoms with van der Waals surface area (Å²) in [5.74, 6) is 0.656. The van der Waals surface area contributed by atoms with Gasteiger partial charge in [-0.3, -0.25) is 19.5 Å². The molecule has 1 aliphatic carbocycles. The lowest BCUT2D eigenvalue weighted by Crippen LogP contribution is -2.33. The number of para-hydroxylation sites is 1. The van der Waals surface area contributed by atoms with E-state index in [4.69, 9.17) is 0 Å². The first kappa shape index (κ1) is 18.7. The third-order valence-corrected chi connectivity index (χ3v) is 6.38. The van der Waals surface area contributed by atoms with E-state index in [1.54, 1.807) is 32.0 Å².